The number of pyridine rings is 1. The number of carbonyl (C=O) groups is 8. The second kappa shape index (κ2) is 27.9. The lowest BCUT2D eigenvalue weighted by molar-refractivity contribution is -0.137. The number of nitrogens with zero attached hydrogens (tertiary/aromatic N) is 1. The molecule has 1 aliphatic heterocycles. The van der Waals surface area contributed by atoms with Crippen LogP contribution in [0.15, 0.2) is 79.3 Å². The van der Waals surface area contributed by atoms with Crippen molar-refractivity contribution in [1.82, 2.24) is 47.2 Å². The first-order valence-electron chi connectivity index (χ1n) is 23.5. The van der Waals surface area contributed by atoms with Crippen molar-refractivity contribution in [2.24, 2.45) is 17.2 Å². The van der Waals surface area contributed by atoms with Gasteiger partial charge in [0.2, 0.25) is 47.3 Å². The van der Waals surface area contributed by atoms with Crippen LogP contribution >= 0.6 is 21.6 Å². The topological polar surface area (TPSA) is 388 Å². The molecule has 8 amide bonds. The summed E-state index contributed by atoms with van der Waals surface area (Å²) in [5, 5.41) is 49.9. The molecule has 0 radical (unpaired) electrons. The second-order valence-electron chi connectivity index (χ2n) is 17.6. The van der Waals surface area contributed by atoms with Gasteiger partial charge in [-0.05, 0) is 87.0 Å². The number of nitrogens with one attached hydrogen (secondary N) is 8. The number of para-hydroxylation sites is 1. The van der Waals surface area contributed by atoms with Gasteiger partial charge in [0, 0.05) is 53.8 Å². The number of amides is 8. The van der Waals surface area contributed by atoms with Gasteiger partial charge in [-0.2, -0.15) is 0 Å². The Kier molecular flexibility index (Phi) is 21.8. The Labute approximate surface area is 428 Å². The first-order chi connectivity index (χ1) is 34.8. The highest BCUT2D eigenvalue weighted by Gasteiger charge is 2.37. The minimum Gasteiger partial charge on any atom is -0.508 e. The fraction of sp³-hybridized carbons (Fsp3) is 0.438. The lowest BCUT2D eigenvalue weighted by atomic mass is 10.0. The quantitative estimate of drug-likeness (QED) is 0.0394. The summed E-state index contributed by atoms with van der Waals surface area (Å²) in [5.41, 5.74) is 20.0. The van der Waals surface area contributed by atoms with Gasteiger partial charge in [-0.25, -0.2) is 0 Å². The summed E-state index contributed by atoms with van der Waals surface area (Å²) in [7, 11) is 1.90. The minimum atomic E-state index is -1.73. The lowest BCUT2D eigenvalue weighted by Gasteiger charge is -2.29. The lowest BCUT2D eigenvalue weighted by Crippen LogP contribution is -2.62. The van der Waals surface area contributed by atoms with E-state index in [9.17, 15) is 53.7 Å². The number of hydrogen-bond donors (Lipinski definition) is 14. The third-order valence-electron chi connectivity index (χ3n) is 11.8. The number of aliphatic hydroxyl groups is 2. The number of unbranched alkanes of at least 4 members (excludes halogenated alkanes) is 1. The largest absolute Gasteiger partial charge is 0.508 e. The molecule has 1 fully saturated rings. The molecule has 4 aromatic rings. The first kappa shape index (κ1) is 57.1. The van der Waals surface area contributed by atoms with Gasteiger partial charge < -0.3 is 74.7 Å². The van der Waals surface area contributed by atoms with Gasteiger partial charge >= 0.3 is 0 Å². The van der Waals surface area contributed by atoms with Crippen molar-refractivity contribution in [3.05, 3.63) is 95.9 Å². The van der Waals surface area contributed by atoms with Crippen molar-refractivity contribution >= 4 is 79.7 Å². The summed E-state index contributed by atoms with van der Waals surface area (Å²) < 4.78 is 0. The Hall–Kier alpha value is -6.77. The second-order valence-corrected chi connectivity index (χ2v) is 20.2. The molecular formula is C48H64N12O11S2. The highest BCUT2D eigenvalue weighted by atomic mass is 33.1. The number of rotatable bonds is 17. The number of aromatic hydroxyl groups is 1. The van der Waals surface area contributed by atoms with E-state index in [2.05, 4.69) is 47.2 Å². The van der Waals surface area contributed by atoms with Gasteiger partial charge in [-0.3, -0.25) is 43.3 Å². The highest BCUT2D eigenvalue weighted by molar-refractivity contribution is 8.76. The molecule has 2 aromatic heterocycles. The van der Waals surface area contributed by atoms with E-state index in [4.69, 9.17) is 17.2 Å². The third-order valence-corrected chi connectivity index (χ3v) is 14.2. The van der Waals surface area contributed by atoms with Crippen molar-refractivity contribution in [3.8, 4) is 5.75 Å². The van der Waals surface area contributed by atoms with Crippen LogP contribution in [0.3, 0.4) is 0 Å². The minimum absolute atomic E-state index is 0.00182. The Balaban J connectivity index is 1.57. The SMILES string of the molecule is C[C@@H](O)[C@H](NC(=O)[C@@H]1CSSC[C@@H](NC(=O)[C@@H](N)Cc2ccc(O)cc2)C(=O)N[C@@H](Cc2cccnc2)C(=O)N[C@H](Cc2c[nH]c3ccccc23)C(=O)N[C@@H](CCCCN)C(=O)N[C@@H]([C@@H](C)O)C(=O)N1)C(N)=O. The van der Waals surface area contributed by atoms with Gasteiger partial charge in [0.1, 0.15) is 48.0 Å². The number of nitrogens with two attached hydrogens (primary N) is 3. The molecule has 17 N–H and O–H groups in total. The number of carbonyl (C=O) groups excluding carboxylic acids is 8. The van der Waals surface area contributed by atoms with E-state index >= 15 is 0 Å². The van der Waals surface area contributed by atoms with Crippen LogP contribution in [0.4, 0.5) is 0 Å². The van der Waals surface area contributed by atoms with Gasteiger partial charge in [0.15, 0.2) is 0 Å². The van der Waals surface area contributed by atoms with E-state index in [1.807, 2.05) is 18.2 Å². The van der Waals surface area contributed by atoms with Gasteiger partial charge in [-0.15, -0.1) is 0 Å². The van der Waals surface area contributed by atoms with Crippen molar-refractivity contribution in [3.63, 3.8) is 0 Å². The van der Waals surface area contributed by atoms with Crippen molar-refractivity contribution in [2.75, 3.05) is 18.1 Å². The van der Waals surface area contributed by atoms with Crippen LogP contribution in [0.2, 0.25) is 0 Å². The summed E-state index contributed by atoms with van der Waals surface area (Å²) in [4.78, 5) is 119. The van der Waals surface area contributed by atoms with E-state index < -0.39 is 108 Å². The van der Waals surface area contributed by atoms with E-state index in [1.54, 1.807) is 36.5 Å². The normalized spacial score (nSPS) is 22.5. The standard InChI is InChI=1S/C48H64N12O11S2/c1-25(61)39(41(51)64)59-47(70)38-24-73-72-23-37(57-42(65)32(50)18-27-12-14-30(63)15-13-27)46(69)55-35(19-28-8-7-17-52-21-28)44(67)56-36(20-29-22-53-33-10-4-3-9-31(29)33)45(68)54-34(11-5-6-16-49)43(66)60-40(26(2)62)48(71)58-38/h3-4,7-10,12-15,17,21-22,25-26,32,34-40,53,61-63H,5-6,11,16,18-20,23-24,49-50H2,1-2H3,(H2,51,64)(H,54,68)(H,55,69)(H,56,67)(H,57,65)(H,58,71)(H,59,70)(H,60,66)/t25-,26-,32+,34+,35+,36-,37-,38+,39+,40+/m1/s1. The maximum Gasteiger partial charge on any atom is 0.245 e. The number of aromatic amines is 1. The number of aliphatic hydroxyl groups excluding tert-OH is 2. The number of H-pyrrole nitrogens is 1. The number of hydrogen-bond acceptors (Lipinski definition) is 16. The molecule has 0 unspecified atom stereocenters. The zero-order chi connectivity index (χ0) is 53.2. The molecule has 394 valence electrons. The predicted octanol–water partition coefficient (Wildman–Crippen LogP) is -2.21. The van der Waals surface area contributed by atoms with Crippen molar-refractivity contribution < 1.29 is 53.7 Å². The number of phenolic OH excluding ortho intramolecular Hbond substituents is 1. The highest BCUT2D eigenvalue weighted by Crippen LogP contribution is 2.24. The maximum absolute atomic E-state index is 14.7. The van der Waals surface area contributed by atoms with Crippen molar-refractivity contribution in [1.29, 1.82) is 0 Å². The molecule has 1 saturated heterocycles. The predicted molar refractivity (Wildman–Crippen MR) is 274 cm³/mol. The number of phenols is 1. The van der Waals surface area contributed by atoms with Crippen LogP contribution in [0.25, 0.3) is 10.9 Å². The molecule has 10 atom stereocenters. The number of benzene rings is 2. The third kappa shape index (κ3) is 17.2. The van der Waals surface area contributed by atoms with Crippen LogP contribution in [0.5, 0.6) is 5.75 Å². The van der Waals surface area contributed by atoms with E-state index in [1.165, 1.54) is 38.4 Å². The average molecular weight is 1050 g/mol. The molecule has 0 bridgehead atoms. The molecule has 23 nitrogen and oxygen atoms in total. The van der Waals surface area contributed by atoms with Gasteiger partial charge in [0.05, 0.1) is 18.2 Å². The van der Waals surface area contributed by atoms with Crippen LogP contribution in [-0.2, 0) is 57.6 Å². The number of aromatic nitrogens is 2. The molecule has 1 aliphatic rings. The summed E-state index contributed by atoms with van der Waals surface area (Å²) in [5.74, 6) is -7.85. The molecule has 2 aromatic carbocycles. The van der Waals surface area contributed by atoms with E-state index in [-0.39, 0.29) is 49.5 Å². The Morgan fingerprint density at radius 2 is 1.44 bits per heavy atom. The van der Waals surface area contributed by atoms with Crippen LogP contribution < -0.4 is 54.4 Å². The molecule has 0 spiro atoms. The van der Waals surface area contributed by atoms with Crippen LogP contribution in [-0.4, -0.2) is 151 Å². The van der Waals surface area contributed by atoms with Gasteiger partial charge in [0.25, 0.3) is 0 Å². The van der Waals surface area contributed by atoms with E-state index in [0.29, 0.717) is 29.5 Å². The Bertz CT molecular complexity index is 2540. The monoisotopic (exact) mass is 1050 g/mol. The molecule has 0 saturated carbocycles. The van der Waals surface area contributed by atoms with Crippen molar-refractivity contribution in [2.45, 2.75) is 113 Å². The fourth-order valence-corrected chi connectivity index (χ4v) is 10.1. The molecule has 0 aliphatic carbocycles. The first-order valence-corrected chi connectivity index (χ1v) is 26.0. The summed E-state index contributed by atoms with van der Waals surface area (Å²) >= 11 is 0. The molecule has 25 heteroatoms. The fourth-order valence-electron chi connectivity index (χ4n) is 7.73. The van der Waals surface area contributed by atoms with E-state index in [0.717, 1.165) is 32.5 Å². The Morgan fingerprint density at radius 1 is 0.781 bits per heavy atom. The Morgan fingerprint density at radius 3 is 2.10 bits per heavy atom. The zero-order valence-corrected chi connectivity index (χ0v) is 41.9. The summed E-state index contributed by atoms with van der Waals surface area (Å²) in [6, 6.07) is 4.89. The zero-order valence-electron chi connectivity index (χ0n) is 40.2. The maximum atomic E-state index is 14.7. The molecule has 73 heavy (non-hydrogen) atoms. The molecule has 5 rings (SSSR count). The molecular weight excluding hydrogens is 985 g/mol. The van der Waals surface area contributed by atoms with Gasteiger partial charge in [-0.1, -0.05) is 58.0 Å². The summed E-state index contributed by atoms with van der Waals surface area (Å²) in [6.45, 7) is 2.67. The smallest absolute Gasteiger partial charge is 0.245 e. The van der Waals surface area contributed by atoms with Crippen LogP contribution in [0, 0.1) is 0 Å². The van der Waals surface area contributed by atoms with Crippen LogP contribution in [0.1, 0.15) is 49.8 Å². The average Bonchev–Trinajstić information content (AvgIpc) is 3.77. The number of fused-ring (bicyclic) bond motifs is 1. The number of primary amides is 1. The molecule has 3 heterocycles. The summed E-state index contributed by atoms with van der Waals surface area (Å²) in [6.07, 6.45) is 2.13.